The van der Waals surface area contributed by atoms with Gasteiger partial charge in [0.15, 0.2) is 0 Å². The first-order valence-corrected chi connectivity index (χ1v) is 7.75. The molecular formula is C14H20N2O3S. The average Bonchev–Trinajstić information content (AvgIpc) is 2.92. The van der Waals surface area contributed by atoms with E-state index < -0.39 is 12.0 Å². The van der Waals surface area contributed by atoms with Crippen molar-refractivity contribution in [3.05, 3.63) is 22.4 Å². The Hall–Kier alpha value is -1.40. The van der Waals surface area contributed by atoms with Gasteiger partial charge in [-0.3, -0.25) is 9.59 Å². The van der Waals surface area contributed by atoms with Crippen molar-refractivity contribution < 1.29 is 14.7 Å². The predicted molar refractivity (Wildman–Crippen MR) is 77.4 cm³/mol. The van der Waals surface area contributed by atoms with Crippen molar-refractivity contribution in [2.24, 2.45) is 11.7 Å². The Balaban J connectivity index is 1.97. The van der Waals surface area contributed by atoms with E-state index in [1.54, 1.807) is 0 Å². The number of carboxylic acid groups (broad SMARTS) is 1. The van der Waals surface area contributed by atoms with E-state index in [1.165, 1.54) is 11.3 Å². The number of amides is 1. The van der Waals surface area contributed by atoms with E-state index in [-0.39, 0.29) is 24.3 Å². The van der Waals surface area contributed by atoms with Crippen molar-refractivity contribution >= 4 is 23.2 Å². The van der Waals surface area contributed by atoms with Crippen LogP contribution in [0.4, 0.5) is 0 Å². The van der Waals surface area contributed by atoms with Crippen molar-refractivity contribution in [3.8, 4) is 0 Å². The predicted octanol–water partition coefficient (Wildman–Crippen LogP) is 1.90. The molecule has 1 aliphatic carbocycles. The Kier molecular flexibility index (Phi) is 5.14. The van der Waals surface area contributed by atoms with Gasteiger partial charge in [-0.15, -0.1) is 11.3 Å². The van der Waals surface area contributed by atoms with E-state index >= 15 is 0 Å². The number of hydrogen-bond donors (Lipinski definition) is 3. The molecule has 1 unspecified atom stereocenters. The average molecular weight is 296 g/mol. The molecule has 1 atom stereocenters. The topological polar surface area (TPSA) is 92.4 Å². The third-order valence-corrected chi connectivity index (χ3v) is 4.71. The largest absolute Gasteiger partial charge is 0.481 e. The van der Waals surface area contributed by atoms with Crippen LogP contribution in [-0.4, -0.2) is 23.0 Å². The highest BCUT2D eigenvalue weighted by molar-refractivity contribution is 7.10. The number of nitrogens with two attached hydrogens (primary N) is 1. The minimum atomic E-state index is -0.908. The highest BCUT2D eigenvalue weighted by Crippen LogP contribution is 2.26. The molecule has 2 rings (SSSR count). The van der Waals surface area contributed by atoms with Crippen LogP contribution in [0.2, 0.25) is 0 Å². The van der Waals surface area contributed by atoms with Gasteiger partial charge in [0, 0.05) is 16.8 Å². The molecule has 1 saturated carbocycles. The molecule has 5 nitrogen and oxygen atoms in total. The van der Waals surface area contributed by atoms with Crippen LogP contribution in [0.5, 0.6) is 0 Å². The molecule has 0 spiro atoms. The molecule has 1 aliphatic rings. The second-order valence-electron chi connectivity index (χ2n) is 5.29. The molecule has 4 N–H and O–H groups in total. The zero-order chi connectivity index (χ0) is 14.5. The number of nitrogens with one attached hydrogen (secondary N) is 1. The fourth-order valence-electron chi connectivity index (χ4n) is 2.56. The van der Waals surface area contributed by atoms with Crippen LogP contribution in [0.25, 0.3) is 0 Å². The Morgan fingerprint density at radius 3 is 2.65 bits per heavy atom. The minimum Gasteiger partial charge on any atom is -0.481 e. The van der Waals surface area contributed by atoms with Crippen LogP contribution in [0.1, 0.15) is 43.0 Å². The van der Waals surface area contributed by atoms with Gasteiger partial charge in [-0.25, -0.2) is 0 Å². The van der Waals surface area contributed by atoms with Gasteiger partial charge >= 0.3 is 5.97 Å². The number of thiophene rings is 1. The van der Waals surface area contributed by atoms with E-state index in [2.05, 4.69) is 5.32 Å². The monoisotopic (exact) mass is 296 g/mol. The fraction of sp³-hybridized carbons (Fsp3) is 0.571. The molecule has 1 fully saturated rings. The standard InChI is InChI=1S/C14H20N2O3S/c15-10-5-3-9(4-6-10)14(19)16-11(8-13(17)18)12-2-1-7-20-12/h1-2,7,9-11H,3-6,8,15H2,(H,16,19)(H,17,18). The van der Waals surface area contributed by atoms with Crippen LogP contribution in [-0.2, 0) is 9.59 Å². The van der Waals surface area contributed by atoms with Gasteiger partial charge in [0.25, 0.3) is 0 Å². The lowest BCUT2D eigenvalue weighted by molar-refractivity contribution is -0.138. The van der Waals surface area contributed by atoms with Crippen molar-refractivity contribution in [2.75, 3.05) is 0 Å². The van der Waals surface area contributed by atoms with Gasteiger partial charge in [-0.2, -0.15) is 0 Å². The summed E-state index contributed by atoms with van der Waals surface area (Å²) in [5.41, 5.74) is 5.83. The third kappa shape index (κ3) is 4.05. The molecule has 0 aliphatic heterocycles. The van der Waals surface area contributed by atoms with E-state index in [1.807, 2.05) is 17.5 Å². The number of hydrogen-bond acceptors (Lipinski definition) is 4. The van der Waals surface area contributed by atoms with Gasteiger partial charge in [0.2, 0.25) is 5.91 Å². The molecule has 1 heterocycles. The molecule has 0 radical (unpaired) electrons. The van der Waals surface area contributed by atoms with Crippen molar-refractivity contribution in [2.45, 2.75) is 44.2 Å². The zero-order valence-electron chi connectivity index (χ0n) is 11.2. The third-order valence-electron chi connectivity index (χ3n) is 3.72. The van der Waals surface area contributed by atoms with Crippen LogP contribution < -0.4 is 11.1 Å². The number of carbonyl (C=O) groups excluding carboxylic acids is 1. The summed E-state index contributed by atoms with van der Waals surface area (Å²) in [6.07, 6.45) is 3.22. The summed E-state index contributed by atoms with van der Waals surface area (Å²) >= 11 is 1.46. The number of aliphatic carboxylic acids is 1. The first kappa shape index (κ1) is 15.0. The Bertz CT molecular complexity index is 453. The fourth-order valence-corrected chi connectivity index (χ4v) is 3.34. The molecular weight excluding hydrogens is 276 g/mol. The smallest absolute Gasteiger partial charge is 0.305 e. The van der Waals surface area contributed by atoms with Crippen molar-refractivity contribution in [1.29, 1.82) is 0 Å². The van der Waals surface area contributed by atoms with Crippen LogP contribution in [0.15, 0.2) is 17.5 Å². The maximum Gasteiger partial charge on any atom is 0.305 e. The first-order valence-electron chi connectivity index (χ1n) is 6.87. The highest BCUT2D eigenvalue weighted by atomic mass is 32.1. The molecule has 20 heavy (non-hydrogen) atoms. The molecule has 1 aromatic heterocycles. The van der Waals surface area contributed by atoms with Crippen LogP contribution >= 0.6 is 11.3 Å². The summed E-state index contributed by atoms with van der Waals surface area (Å²) in [7, 11) is 0. The van der Waals surface area contributed by atoms with Gasteiger partial charge in [-0.1, -0.05) is 6.07 Å². The summed E-state index contributed by atoms with van der Waals surface area (Å²) < 4.78 is 0. The second kappa shape index (κ2) is 6.85. The lowest BCUT2D eigenvalue weighted by Gasteiger charge is -2.27. The summed E-state index contributed by atoms with van der Waals surface area (Å²) in [5.74, 6) is -0.989. The molecule has 1 amide bonds. The van der Waals surface area contributed by atoms with E-state index in [4.69, 9.17) is 10.8 Å². The zero-order valence-corrected chi connectivity index (χ0v) is 12.1. The van der Waals surface area contributed by atoms with Gasteiger partial charge in [0.05, 0.1) is 12.5 Å². The quantitative estimate of drug-likeness (QED) is 0.773. The van der Waals surface area contributed by atoms with E-state index in [0.29, 0.717) is 0 Å². The SMILES string of the molecule is NC1CCC(C(=O)NC(CC(=O)O)c2cccs2)CC1. The Morgan fingerprint density at radius 2 is 2.10 bits per heavy atom. The van der Waals surface area contributed by atoms with Crippen molar-refractivity contribution in [1.82, 2.24) is 5.32 Å². The highest BCUT2D eigenvalue weighted by Gasteiger charge is 2.27. The molecule has 6 heteroatoms. The molecule has 0 bridgehead atoms. The number of rotatable bonds is 5. The maximum absolute atomic E-state index is 12.3. The molecule has 0 aromatic carbocycles. The second-order valence-corrected chi connectivity index (χ2v) is 6.27. The first-order chi connectivity index (χ1) is 9.56. The summed E-state index contributed by atoms with van der Waals surface area (Å²) in [6.45, 7) is 0. The van der Waals surface area contributed by atoms with Crippen LogP contribution in [0, 0.1) is 5.92 Å². The summed E-state index contributed by atoms with van der Waals surface area (Å²) in [4.78, 5) is 24.1. The van der Waals surface area contributed by atoms with E-state index in [0.717, 1.165) is 30.6 Å². The van der Waals surface area contributed by atoms with Crippen molar-refractivity contribution in [3.63, 3.8) is 0 Å². The van der Waals surface area contributed by atoms with Crippen LogP contribution in [0.3, 0.4) is 0 Å². The Morgan fingerprint density at radius 1 is 1.40 bits per heavy atom. The lowest BCUT2D eigenvalue weighted by Crippen LogP contribution is -2.38. The number of carbonyl (C=O) groups is 2. The number of carboxylic acids is 1. The van der Waals surface area contributed by atoms with Gasteiger partial charge < -0.3 is 16.2 Å². The summed E-state index contributed by atoms with van der Waals surface area (Å²) in [6, 6.07) is 3.48. The maximum atomic E-state index is 12.3. The summed E-state index contributed by atoms with van der Waals surface area (Å²) in [5, 5.41) is 13.7. The van der Waals surface area contributed by atoms with Gasteiger partial charge in [-0.05, 0) is 37.1 Å². The molecule has 110 valence electrons. The van der Waals surface area contributed by atoms with E-state index in [9.17, 15) is 9.59 Å². The molecule has 0 saturated heterocycles. The lowest BCUT2D eigenvalue weighted by atomic mass is 9.85. The van der Waals surface area contributed by atoms with Gasteiger partial charge in [0.1, 0.15) is 0 Å². The normalized spacial score (nSPS) is 24.1. The Labute approximate surface area is 122 Å². The minimum absolute atomic E-state index is 0.0361. The molecule has 1 aromatic rings.